The second-order valence-corrected chi connectivity index (χ2v) is 15.4. The summed E-state index contributed by atoms with van der Waals surface area (Å²) in [4.78, 5) is 55.8. The van der Waals surface area contributed by atoms with E-state index in [9.17, 15) is 24.3 Å². The molecule has 0 aliphatic heterocycles. The van der Waals surface area contributed by atoms with Crippen molar-refractivity contribution in [1.29, 1.82) is 0 Å². The zero-order valence-electron chi connectivity index (χ0n) is 32.1. The number of alkyl carbamates (subject to hydrolysis) is 1. The van der Waals surface area contributed by atoms with Crippen LogP contribution in [-0.2, 0) is 38.7 Å². The number of carbonyl (C=O) groups is 4. The second kappa shape index (κ2) is 17.5. The van der Waals surface area contributed by atoms with Gasteiger partial charge in [-0.1, -0.05) is 81.4 Å². The molecule has 11 heteroatoms. The van der Waals surface area contributed by atoms with E-state index in [1.54, 1.807) is 64.1 Å². The molecule has 11 nitrogen and oxygen atoms in total. The number of rotatable bonds is 17. The van der Waals surface area contributed by atoms with Gasteiger partial charge in [-0.15, -0.1) is 0 Å². The number of amides is 3. The molecule has 0 spiro atoms. The summed E-state index contributed by atoms with van der Waals surface area (Å²) in [5, 5.41) is 14.4. The van der Waals surface area contributed by atoms with Gasteiger partial charge in [-0.05, 0) is 87.3 Å². The largest absolute Gasteiger partial charge is 0.489 e. The average Bonchev–Trinajstić information content (AvgIpc) is 3.45. The van der Waals surface area contributed by atoms with Gasteiger partial charge in [-0.2, -0.15) is 0 Å². The van der Waals surface area contributed by atoms with Crippen molar-refractivity contribution in [2.45, 2.75) is 91.5 Å². The van der Waals surface area contributed by atoms with Gasteiger partial charge in [-0.25, -0.2) is 9.59 Å². The molecule has 0 fully saturated rings. The number of nitrogens with one attached hydrogen (secondary N) is 1. The quantitative estimate of drug-likeness (QED) is 0.0854. The summed E-state index contributed by atoms with van der Waals surface area (Å²) in [6.45, 7) is 11.7. The number of nitrogens with zero attached hydrogens (tertiary/aromatic N) is 3. The van der Waals surface area contributed by atoms with Crippen LogP contribution < -0.4 is 15.0 Å². The zero-order chi connectivity index (χ0) is 38.8. The summed E-state index contributed by atoms with van der Waals surface area (Å²) in [5.74, 6) is -0.497. The fourth-order valence-corrected chi connectivity index (χ4v) is 6.49. The highest BCUT2D eigenvalue weighted by molar-refractivity contribution is 5.97. The number of carboxylic acid groups (broad SMARTS) is 1. The molecular formula is C42H54N4O7. The van der Waals surface area contributed by atoms with Crippen molar-refractivity contribution >= 4 is 41.1 Å². The van der Waals surface area contributed by atoms with E-state index in [1.807, 2.05) is 78.9 Å². The number of fused-ring (bicyclic) bond motifs is 1. The van der Waals surface area contributed by atoms with Crippen LogP contribution in [0.4, 0.5) is 10.6 Å². The first kappa shape index (κ1) is 40.5. The minimum atomic E-state index is -1.72. The number of likely N-dealkylation sites (N-methyl/N-ethyl adjacent to an activating group) is 1. The van der Waals surface area contributed by atoms with Gasteiger partial charge in [0.1, 0.15) is 30.3 Å². The van der Waals surface area contributed by atoms with Crippen molar-refractivity contribution in [3.63, 3.8) is 0 Å². The molecule has 0 saturated carbocycles. The Morgan fingerprint density at radius 2 is 1.51 bits per heavy atom. The lowest BCUT2D eigenvalue weighted by Crippen LogP contribution is -2.63. The Hall–Kier alpha value is -5.32. The smallest absolute Gasteiger partial charge is 0.407 e. The Labute approximate surface area is 312 Å². The maximum absolute atomic E-state index is 13.8. The van der Waals surface area contributed by atoms with E-state index in [0.717, 1.165) is 11.1 Å². The van der Waals surface area contributed by atoms with Gasteiger partial charge in [0.05, 0.1) is 5.52 Å². The number of unbranched alkanes of at least 4 members (excludes halogenated alkanes) is 1. The van der Waals surface area contributed by atoms with Crippen LogP contribution in [0.2, 0.25) is 0 Å². The summed E-state index contributed by atoms with van der Waals surface area (Å²) in [6.07, 6.45) is 1.58. The number of hydrogen-bond acceptors (Lipinski definition) is 6. The molecule has 0 radical (unpaired) electrons. The van der Waals surface area contributed by atoms with Gasteiger partial charge in [0.25, 0.3) is 0 Å². The van der Waals surface area contributed by atoms with Crippen molar-refractivity contribution in [2.75, 3.05) is 25.0 Å². The molecule has 3 amide bonds. The van der Waals surface area contributed by atoms with Gasteiger partial charge in [0.2, 0.25) is 12.3 Å². The predicted molar refractivity (Wildman–Crippen MR) is 207 cm³/mol. The van der Waals surface area contributed by atoms with Crippen molar-refractivity contribution in [3.8, 4) is 5.75 Å². The van der Waals surface area contributed by atoms with E-state index in [1.165, 1.54) is 4.90 Å². The number of ether oxygens (including phenoxy) is 2. The molecule has 1 unspecified atom stereocenters. The molecule has 0 aliphatic carbocycles. The summed E-state index contributed by atoms with van der Waals surface area (Å²) in [6, 6.07) is 26.9. The maximum atomic E-state index is 13.8. The molecular weight excluding hydrogens is 672 g/mol. The van der Waals surface area contributed by atoms with E-state index in [4.69, 9.17) is 9.47 Å². The third kappa shape index (κ3) is 10.4. The fraction of sp³-hybridized carbons (Fsp3) is 0.429. The van der Waals surface area contributed by atoms with E-state index in [-0.39, 0.29) is 31.2 Å². The molecule has 53 heavy (non-hydrogen) atoms. The van der Waals surface area contributed by atoms with Gasteiger partial charge >= 0.3 is 12.1 Å². The lowest BCUT2D eigenvalue weighted by Gasteiger charge is -2.47. The van der Waals surface area contributed by atoms with E-state index in [0.29, 0.717) is 55.5 Å². The van der Waals surface area contributed by atoms with Crippen LogP contribution in [0.5, 0.6) is 5.75 Å². The number of carboxylic acids is 1. The van der Waals surface area contributed by atoms with Crippen molar-refractivity contribution in [1.82, 2.24) is 14.8 Å². The highest BCUT2D eigenvalue weighted by Crippen LogP contribution is 2.44. The highest BCUT2D eigenvalue weighted by Gasteiger charge is 2.54. The SMILES string of the molecule is CN(CCc1ccccc1)C(=O)Cn1c(N(C=O)C(CCCCNC(=O)OC(C)(C)C)(C(=O)O)C(C)(C)C)cc2cc(OCc3ccccc3)ccc21. The van der Waals surface area contributed by atoms with Crippen molar-refractivity contribution in [2.24, 2.45) is 5.41 Å². The first-order valence-electron chi connectivity index (χ1n) is 18.1. The van der Waals surface area contributed by atoms with Crippen LogP contribution in [0.15, 0.2) is 84.9 Å². The lowest BCUT2D eigenvalue weighted by atomic mass is 9.69. The standard InChI is InChI=1S/C42H54N4O7/c1-40(2,3)42(38(49)50,23-14-15-24-43-39(51)53-41(4,5)6)46(30-47)36-27-33-26-34(52-29-32-18-12-9-13-19-32)20-21-35(33)45(36)28-37(48)44(7)25-22-31-16-10-8-11-17-31/h8-13,16-21,26-27,30H,14-15,22-25,28-29H2,1-7H3,(H,43,51)(H,49,50). The normalized spacial score (nSPS) is 12.8. The number of carbonyl (C=O) groups excluding carboxylic acids is 3. The number of aliphatic carboxylic acids is 1. The highest BCUT2D eigenvalue weighted by atomic mass is 16.6. The Balaban J connectivity index is 1.69. The monoisotopic (exact) mass is 726 g/mol. The first-order chi connectivity index (χ1) is 25.1. The minimum Gasteiger partial charge on any atom is -0.489 e. The molecule has 1 heterocycles. The van der Waals surface area contributed by atoms with Crippen molar-refractivity contribution < 1.29 is 33.8 Å². The van der Waals surface area contributed by atoms with Crippen molar-refractivity contribution in [3.05, 3.63) is 96.1 Å². The summed E-state index contributed by atoms with van der Waals surface area (Å²) >= 11 is 0. The Bertz CT molecular complexity index is 1840. The zero-order valence-corrected chi connectivity index (χ0v) is 32.1. The topological polar surface area (TPSA) is 130 Å². The molecule has 1 atom stereocenters. The van der Waals surface area contributed by atoms with E-state index in [2.05, 4.69) is 5.32 Å². The van der Waals surface area contributed by atoms with Gasteiger partial charge in [0, 0.05) is 25.5 Å². The Morgan fingerprint density at radius 1 is 0.868 bits per heavy atom. The maximum Gasteiger partial charge on any atom is 0.407 e. The van der Waals surface area contributed by atoms with E-state index < -0.39 is 28.6 Å². The number of benzene rings is 3. The Kier molecular flexibility index (Phi) is 13.3. The molecule has 2 N–H and O–H groups in total. The third-order valence-corrected chi connectivity index (χ3v) is 9.39. The molecule has 284 valence electrons. The summed E-state index contributed by atoms with van der Waals surface area (Å²) in [7, 11) is 1.74. The van der Waals surface area contributed by atoms with Crippen LogP contribution in [0.3, 0.4) is 0 Å². The lowest BCUT2D eigenvalue weighted by molar-refractivity contribution is -0.149. The van der Waals surface area contributed by atoms with E-state index >= 15 is 0 Å². The molecule has 0 bridgehead atoms. The van der Waals surface area contributed by atoms with Gasteiger partial charge < -0.3 is 29.4 Å². The molecule has 0 aliphatic rings. The minimum absolute atomic E-state index is 0.0818. The molecule has 4 rings (SSSR count). The summed E-state index contributed by atoms with van der Waals surface area (Å²) < 4.78 is 13.2. The van der Waals surface area contributed by atoms with Gasteiger partial charge in [0.15, 0.2) is 5.54 Å². The number of hydrogen-bond donors (Lipinski definition) is 2. The second-order valence-electron chi connectivity index (χ2n) is 15.4. The first-order valence-corrected chi connectivity index (χ1v) is 18.1. The summed E-state index contributed by atoms with van der Waals surface area (Å²) in [5.41, 5.74) is -0.572. The predicted octanol–water partition coefficient (Wildman–Crippen LogP) is 7.45. The molecule has 3 aromatic carbocycles. The third-order valence-electron chi connectivity index (χ3n) is 9.39. The fourth-order valence-electron chi connectivity index (χ4n) is 6.49. The van der Waals surface area contributed by atoms with Crippen LogP contribution in [0, 0.1) is 5.41 Å². The van der Waals surface area contributed by atoms with Crippen LogP contribution in [0.25, 0.3) is 10.9 Å². The molecule has 1 aromatic heterocycles. The van der Waals surface area contributed by atoms with Crippen LogP contribution in [-0.4, -0.2) is 70.2 Å². The number of aromatic nitrogens is 1. The average molecular weight is 727 g/mol. The number of anilines is 1. The Morgan fingerprint density at radius 3 is 2.09 bits per heavy atom. The molecule has 4 aromatic rings. The molecule has 0 saturated heterocycles. The van der Waals surface area contributed by atoms with Crippen LogP contribution >= 0.6 is 0 Å². The van der Waals surface area contributed by atoms with Gasteiger partial charge in [-0.3, -0.25) is 14.5 Å². The van der Waals surface area contributed by atoms with Crippen LogP contribution in [0.1, 0.15) is 71.9 Å².